The first-order chi connectivity index (χ1) is 15.7. The molecule has 9 heteroatoms. The van der Waals surface area contributed by atoms with E-state index in [1.165, 1.54) is 11.1 Å². The van der Waals surface area contributed by atoms with Crippen molar-refractivity contribution in [3.8, 4) is 27.9 Å². The van der Waals surface area contributed by atoms with E-state index >= 15 is 0 Å². The average molecular weight is 474 g/mol. The molecule has 0 aliphatic heterocycles. The highest BCUT2D eigenvalue weighted by Crippen LogP contribution is 2.34. The van der Waals surface area contributed by atoms with Gasteiger partial charge in [-0.25, -0.2) is 0 Å². The molecule has 3 rings (SSSR count). The first kappa shape index (κ1) is 24.9. The summed E-state index contributed by atoms with van der Waals surface area (Å²) in [5, 5.41) is 27.5. The fraction of sp³-hybridized carbons (Fsp3) is 0.458. The number of thiophene rings is 1. The summed E-state index contributed by atoms with van der Waals surface area (Å²) in [5.41, 5.74) is 5.04. The number of carbonyl (C=O) groups is 1. The number of hydrogen-bond donors (Lipinski definition) is 3. The number of hydrogen-bond acceptors (Lipinski definition) is 8. The molecule has 0 spiro atoms. The van der Waals surface area contributed by atoms with Crippen LogP contribution in [0.5, 0.6) is 5.75 Å². The number of rotatable bonds is 10. The number of carbonyl (C=O) groups excluding carboxylic acids is 1. The number of amides is 1. The molecule has 2 aromatic heterocycles. The smallest absolute Gasteiger partial charge is 0.258 e. The summed E-state index contributed by atoms with van der Waals surface area (Å²) in [6.07, 6.45) is 0.127. The van der Waals surface area contributed by atoms with Gasteiger partial charge in [0.2, 0.25) is 11.7 Å². The van der Waals surface area contributed by atoms with Gasteiger partial charge in [-0.2, -0.15) is 4.98 Å². The van der Waals surface area contributed by atoms with Crippen LogP contribution < -0.4 is 10.1 Å². The molecule has 178 valence electrons. The van der Waals surface area contributed by atoms with Crippen LogP contribution in [0.15, 0.2) is 22.0 Å². The van der Waals surface area contributed by atoms with Crippen LogP contribution in [0, 0.1) is 26.7 Å². The van der Waals surface area contributed by atoms with Crippen molar-refractivity contribution < 1.29 is 24.3 Å². The van der Waals surface area contributed by atoms with E-state index in [4.69, 9.17) is 14.4 Å². The molecule has 0 fully saturated rings. The first-order valence-corrected chi connectivity index (χ1v) is 11.8. The molecule has 33 heavy (non-hydrogen) atoms. The Morgan fingerprint density at radius 3 is 2.58 bits per heavy atom. The summed E-state index contributed by atoms with van der Waals surface area (Å²) in [5.74, 6) is 1.72. The molecule has 0 saturated carbocycles. The number of aliphatic hydroxyl groups is 2. The van der Waals surface area contributed by atoms with Gasteiger partial charge in [0.1, 0.15) is 25.1 Å². The van der Waals surface area contributed by atoms with Crippen molar-refractivity contribution in [1.29, 1.82) is 0 Å². The van der Waals surface area contributed by atoms with Crippen molar-refractivity contribution in [1.82, 2.24) is 15.5 Å². The van der Waals surface area contributed by atoms with Crippen molar-refractivity contribution >= 4 is 17.2 Å². The molecule has 0 saturated heterocycles. The number of aromatic nitrogens is 2. The van der Waals surface area contributed by atoms with Crippen LogP contribution in [-0.4, -0.2) is 52.1 Å². The van der Waals surface area contributed by atoms with Crippen molar-refractivity contribution in [3.05, 3.63) is 39.8 Å². The summed E-state index contributed by atoms with van der Waals surface area (Å²) in [6.45, 7) is 9.72. The van der Waals surface area contributed by atoms with Gasteiger partial charge in [0, 0.05) is 12.1 Å². The van der Waals surface area contributed by atoms with E-state index in [9.17, 15) is 9.90 Å². The molecule has 3 N–H and O–H groups in total. The number of benzene rings is 1. The molecule has 1 aromatic carbocycles. The summed E-state index contributed by atoms with van der Waals surface area (Å²) >= 11 is 1.64. The zero-order valence-electron chi connectivity index (χ0n) is 19.6. The van der Waals surface area contributed by atoms with E-state index < -0.39 is 18.6 Å². The van der Waals surface area contributed by atoms with Gasteiger partial charge < -0.3 is 24.8 Å². The number of nitrogens with zero attached hydrogens (tertiary/aromatic N) is 2. The molecule has 0 bridgehead atoms. The summed E-state index contributed by atoms with van der Waals surface area (Å²) in [4.78, 5) is 16.7. The van der Waals surface area contributed by atoms with E-state index in [-0.39, 0.29) is 13.2 Å². The average Bonchev–Trinajstić information content (AvgIpc) is 3.38. The van der Waals surface area contributed by atoms with Crippen LogP contribution >= 0.6 is 11.3 Å². The van der Waals surface area contributed by atoms with Crippen LogP contribution in [-0.2, 0) is 11.2 Å². The first-order valence-electron chi connectivity index (χ1n) is 10.9. The molecule has 0 radical (unpaired) electrons. The van der Waals surface area contributed by atoms with Gasteiger partial charge in [-0.05, 0) is 72.9 Å². The summed E-state index contributed by atoms with van der Waals surface area (Å²) in [6, 6.07) is 3.82. The fourth-order valence-electron chi connectivity index (χ4n) is 3.57. The maximum atomic E-state index is 11.1. The zero-order valence-corrected chi connectivity index (χ0v) is 20.5. The van der Waals surface area contributed by atoms with Gasteiger partial charge in [0.05, 0.1) is 4.88 Å². The molecule has 8 nitrogen and oxygen atoms in total. The number of aryl methyl sites for hydroxylation is 2. The Bertz CT molecular complexity index is 1080. The molecule has 0 aliphatic rings. The Morgan fingerprint density at radius 1 is 1.24 bits per heavy atom. The molecule has 1 amide bonds. The highest BCUT2D eigenvalue weighted by Gasteiger charge is 2.18. The zero-order chi connectivity index (χ0) is 24.1. The third-order valence-electron chi connectivity index (χ3n) is 5.20. The van der Waals surface area contributed by atoms with Crippen LogP contribution in [0.4, 0.5) is 0 Å². The molecule has 3 aromatic rings. The Morgan fingerprint density at radius 2 is 1.94 bits per heavy atom. The van der Waals surface area contributed by atoms with Crippen LogP contribution in [0.3, 0.4) is 0 Å². The fourth-order valence-corrected chi connectivity index (χ4v) is 4.60. The summed E-state index contributed by atoms with van der Waals surface area (Å²) < 4.78 is 11.3. The largest absolute Gasteiger partial charge is 0.490 e. The highest BCUT2D eigenvalue weighted by molar-refractivity contribution is 7.13. The third-order valence-corrected chi connectivity index (χ3v) is 6.33. The number of ether oxygens (including phenoxy) is 1. The van der Waals surface area contributed by atoms with Crippen molar-refractivity contribution in [2.24, 2.45) is 5.92 Å². The van der Waals surface area contributed by atoms with Crippen LogP contribution in [0.1, 0.15) is 36.1 Å². The Labute approximate surface area is 197 Å². The van der Waals surface area contributed by atoms with Crippen molar-refractivity contribution in [2.45, 2.75) is 47.1 Å². The Kier molecular flexibility index (Phi) is 8.23. The molecular formula is C24H31N3O5S. The predicted octanol–water partition coefficient (Wildman–Crippen LogP) is 3.44. The molecule has 0 unspecified atom stereocenters. The van der Waals surface area contributed by atoms with Gasteiger partial charge in [-0.15, -0.1) is 11.3 Å². The van der Waals surface area contributed by atoms with Crippen molar-refractivity contribution in [3.63, 3.8) is 0 Å². The standard InChI is InChI=1S/C24H31N3O5S/c1-13(2)6-18-12-33-22(16(18)5)23-26-24(32-27-23)17-7-14(3)21(15(4)8-17)31-11-19(29)9-25-20(30)10-28/h7-8,12-13,19,28-29H,6,9-11H2,1-5H3,(H,25,30)/t19-/m1/s1. The lowest BCUT2D eigenvalue weighted by molar-refractivity contribution is -0.124. The Balaban J connectivity index is 1.72. The topological polar surface area (TPSA) is 118 Å². The van der Waals surface area contributed by atoms with Gasteiger partial charge in [-0.3, -0.25) is 4.79 Å². The maximum Gasteiger partial charge on any atom is 0.258 e. The second-order valence-electron chi connectivity index (χ2n) is 8.60. The molecule has 1 atom stereocenters. The van der Waals surface area contributed by atoms with E-state index in [0.29, 0.717) is 23.4 Å². The Hall–Kier alpha value is -2.75. The van der Waals surface area contributed by atoms with Crippen LogP contribution in [0.25, 0.3) is 22.2 Å². The summed E-state index contributed by atoms with van der Waals surface area (Å²) in [7, 11) is 0. The lowest BCUT2D eigenvalue weighted by Gasteiger charge is -2.16. The van der Waals surface area contributed by atoms with E-state index in [2.05, 4.69) is 41.6 Å². The second kappa shape index (κ2) is 10.9. The maximum absolute atomic E-state index is 11.1. The molecule has 0 aliphatic carbocycles. The van der Waals surface area contributed by atoms with Gasteiger partial charge in [-0.1, -0.05) is 19.0 Å². The lowest BCUT2D eigenvalue weighted by atomic mass is 10.0. The van der Waals surface area contributed by atoms with Gasteiger partial charge in [0.15, 0.2) is 0 Å². The molecular weight excluding hydrogens is 442 g/mol. The quantitative estimate of drug-likeness (QED) is 0.413. The number of nitrogens with one attached hydrogen (secondary N) is 1. The van der Waals surface area contributed by atoms with Gasteiger partial charge in [0.25, 0.3) is 5.89 Å². The second-order valence-corrected chi connectivity index (χ2v) is 9.48. The highest BCUT2D eigenvalue weighted by atomic mass is 32.1. The SMILES string of the molecule is Cc1cc(-c2nc(-c3scc(CC(C)C)c3C)no2)cc(C)c1OC[C@H](O)CNC(=O)CO. The van der Waals surface area contributed by atoms with Gasteiger partial charge >= 0.3 is 0 Å². The van der Waals surface area contributed by atoms with E-state index in [1.807, 2.05) is 26.0 Å². The van der Waals surface area contributed by atoms with Crippen molar-refractivity contribution in [2.75, 3.05) is 19.8 Å². The monoisotopic (exact) mass is 473 g/mol. The van der Waals surface area contributed by atoms with E-state index in [1.54, 1.807) is 11.3 Å². The van der Waals surface area contributed by atoms with E-state index in [0.717, 1.165) is 28.0 Å². The minimum atomic E-state index is -0.896. The normalized spacial score (nSPS) is 12.2. The minimum absolute atomic E-state index is 0.00134. The minimum Gasteiger partial charge on any atom is -0.490 e. The molecule has 2 heterocycles. The third kappa shape index (κ3) is 6.19. The van der Waals surface area contributed by atoms with Crippen LogP contribution in [0.2, 0.25) is 0 Å². The predicted molar refractivity (Wildman–Crippen MR) is 127 cm³/mol. The number of aliphatic hydroxyl groups excluding tert-OH is 2. The lowest BCUT2D eigenvalue weighted by Crippen LogP contribution is -2.36.